The Morgan fingerprint density at radius 3 is 2.45 bits per heavy atom. The number of nitrogens with one attached hydrogen (secondary N) is 1. The van der Waals surface area contributed by atoms with Crippen LogP contribution in [0.3, 0.4) is 0 Å². The average Bonchev–Trinajstić information content (AvgIpc) is 3.08. The third-order valence-electron chi connectivity index (χ3n) is 5.74. The third-order valence-corrected chi connectivity index (χ3v) is 5.92. The molecule has 2 amide bonds. The predicted octanol–water partition coefficient (Wildman–Crippen LogP) is 2.66. The Bertz CT molecular complexity index is 1040. The average molecular weight is 479 g/mol. The first-order valence-electron chi connectivity index (χ1n) is 11.3. The number of piperidine rings is 1. The molecule has 2 aliphatic heterocycles. The van der Waals surface area contributed by atoms with Crippen LogP contribution in [-0.2, 0) is 9.47 Å². The van der Waals surface area contributed by atoms with Crippen LogP contribution in [0, 0.1) is 6.92 Å². The van der Waals surface area contributed by atoms with Crippen LogP contribution in [0.1, 0.15) is 49.8 Å². The van der Waals surface area contributed by atoms with E-state index in [1.807, 2.05) is 27.7 Å². The summed E-state index contributed by atoms with van der Waals surface area (Å²) >= 11 is 6.31. The van der Waals surface area contributed by atoms with Crippen LogP contribution < -0.4 is 10.2 Å². The van der Waals surface area contributed by atoms with Gasteiger partial charge in [0.2, 0.25) is 0 Å². The molecule has 10 nitrogen and oxygen atoms in total. The van der Waals surface area contributed by atoms with Crippen molar-refractivity contribution in [1.82, 2.24) is 24.6 Å². The number of carbonyl (C=O) groups is 2. The molecule has 33 heavy (non-hydrogen) atoms. The molecule has 0 spiro atoms. The lowest BCUT2D eigenvalue weighted by atomic mass is 10.1. The van der Waals surface area contributed by atoms with E-state index in [9.17, 15) is 9.59 Å². The number of aryl methyl sites for hydroxylation is 1. The van der Waals surface area contributed by atoms with Crippen molar-refractivity contribution in [1.29, 1.82) is 0 Å². The summed E-state index contributed by atoms with van der Waals surface area (Å²) in [6.45, 7) is 11.0. The van der Waals surface area contributed by atoms with Crippen LogP contribution in [0.15, 0.2) is 6.20 Å². The van der Waals surface area contributed by atoms with Crippen molar-refractivity contribution in [2.24, 2.45) is 0 Å². The number of hydrogen-bond donors (Lipinski definition) is 1. The lowest BCUT2D eigenvalue weighted by Crippen LogP contribution is -2.48. The summed E-state index contributed by atoms with van der Waals surface area (Å²) in [5.74, 6) is 0.435. The smallest absolute Gasteiger partial charge is 0.410 e. The Morgan fingerprint density at radius 1 is 1.15 bits per heavy atom. The van der Waals surface area contributed by atoms with E-state index in [1.54, 1.807) is 15.5 Å². The Morgan fingerprint density at radius 2 is 1.82 bits per heavy atom. The first-order chi connectivity index (χ1) is 15.6. The summed E-state index contributed by atoms with van der Waals surface area (Å²) in [4.78, 5) is 38.4. The maximum Gasteiger partial charge on any atom is 0.410 e. The van der Waals surface area contributed by atoms with Gasteiger partial charge in [0.15, 0.2) is 11.5 Å². The molecule has 1 N–H and O–H groups in total. The maximum atomic E-state index is 13.2. The van der Waals surface area contributed by atoms with Crippen molar-refractivity contribution in [2.75, 3.05) is 44.3 Å². The van der Waals surface area contributed by atoms with Crippen molar-refractivity contribution < 1.29 is 19.1 Å². The molecule has 2 aliphatic rings. The van der Waals surface area contributed by atoms with E-state index in [0.717, 1.165) is 0 Å². The van der Waals surface area contributed by atoms with Crippen LogP contribution in [-0.4, -0.2) is 82.3 Å². The molecule has 0 aliphatic carbocycles. The Labute approximate surface area is 198 Å². The third kappa shape index (κ3) is 5.33. The van der Waals surface area contributed by atoms with Gasteiger partial charge in [-0.05, 0) is 40.5 Å². The number of aromatic nitrogens is 3. The highest BCUT2D eigenvalue weighted by molar-refractivity contribution is 6.29. The van der Waals surface area contributed by atoms with E-state index in [4.69, 9.17) is 21.1 Å². The second-order valence-corrected chi connectivity index (χ2v) is 9.83. The van der Waals surface area contributed by atoms with E-state index in [0.29, 0.717) is 80.2 Å². The van der Waals surface area contributed by atoms with Crippen molar-refractivity contribution in [2.45, 2.75) is 52.2 Å². The number of rotatable bonds is 3. The zero-order valence-electron chi connectivity index (χ0n) is 19.6. The summed E-state index contributed by atoms with van der Waals surface area (Å²) < 4.78 is 12.6. The van der Waals surface area contributed by atoms with Gasteiger partial charge in [-0.1, -0.05) is 11.6 Å². The minimum Gasteiger partial charge on any atom is -0.444 e. The molecule has 4 rings (SSSR count). The fourth-order valence-corrected chi connectivity index (χ4v) is 4.34. The fourth-order valence-electron chi connectivity index (χ4n) is 4.16. The summed E-state index contributed by atoms with van der Waals surface area (Å²) in [7, 11) is 0. The Balaban J connectivity index is 1.47. The summed E-state index contributed by atoms with van der Waals surface area (Å²) in [6, 6.07) is -0.0443. The first-order valence-corrected chi connectivity index (χ1v) is 11.7. The quantitative estimate of drug-likeness (QED) is 0.723. The van der Waals surface area contributed by atoms with Gasteiger partial charge in [0, 0.05) is 38.4 Å². The van der Waals surface area contributed by atoms with E-state index < -0.39 is 5.60 Å². The minimum absolute atomic E-state index is 0.0443. The highest BCUT2D eigenvalue weighted by atomic mass is 35.5. The van der Waals surface area contributed by atoms with Crippen molar-refractivity contribution in [3.8, 4) is 0 Å². The Hall–Kier alpha value is -2.59. The number of imidazole rings is 1. The number of fused-ring (bicyclic) bond motifs is 1. The van der Waals surface area contributed by atoms with E-state index >= 15 is 0 Å². The normalized spacial score (nSPS) is 18.0. The van der Waals surface area contributed by atoms with Gasteiger partial charge in [0.1, 0.15) is 16.4 Å². The molecule has 0 aromatic carbocycles. The number of nitrogens with zero attached hydrogens (tertiary/aromatic N) is 5. The molecule has 0 bridgehead atoms. The number of hydrogen-bond acceptors (Lipinski definition) is 7. The van der Waals surface area contributed by atoms with Crippen LogP contribution in [0.25, 0.3) is 5.65 Å². The molecular weight excluding hydrogens is 448 g/mol. The minimum atomic E-state index is -0.529. The summed E-state index contributed by atoms with van der Waals surface area (Å²) in [6.07, 6.45) is 2.62. The largest absolute Gasteiger partial charge is 0.444 e. The van der Waals surface area contributed by atoms with Gasteiger partial charge in [-0.15, -0.1) is 0 Å². The topological polar surface area (TPSA) is 101 Å². The van der Waals surface area contributed by atoms with E-state index in [2.05, 4.69) is 20.2 Å². The number of anilines is 1. The van der Waals surface area contributed by atoms with Crippen LogP contribution in [0.5, 0.6) is 0 Å². The Kier molecular flexibility index (Phi) is 6.67. The van der Waals surface area contributed by atoms with Crippen LogP contribution in [0.4, 0.5) is 10.6 Å². The van der Waals surface area contributed by atoms with Gasteiger partial charge in [0.25, 0.3) is 5.91 Å². The number of likely N-dealkylation sites (tertiary alicyclic amines) is 1. The maximum absolute atomic E-state index is 13.2. The zero-order chi connectivity index (χ0) is 23.8. The molecule has 4 heterocycles. The number of ether oxygens (including phenoxy) is 2. The molecule has 0 radical (unpaired) electrons. The van der Waals surface area contributed by atoms with Gasteiger partial charge < -0.3 is 24.6 Å². The van der Waals surface area contributed by atoms with E-state index in [1.165, 1.54) is 0 Å². The first kappa shape index (κ1) is 23.6. The van der Waals surface area contributed by atoms with Crippen LogP contribution in [0.2, 0.25) is 5.15 Å². The highest BCUT2D eigenvalue weighted by Gasteiger charge is 2.29. The van der Waals surface area contributed by atoms with Gasteiger partial charge in [-0.3, -0.25) is 9.20 Å². The van der Waals surface area contributed by atoms with Gasteiger partial charge in [0.05, 0.1) is 18.9 Å². The summed E-state index contributed by atoms with van der Waals surface area (Å²) in [5, 5.41) is 3.40. The number of morpholine rings is 1. The van der Waals surface area contributed by atoms with Gasteiger partial charge >= 0.3 is 6.09 Å². The van der Waals surface area contributed by atoms with Crippen molar-refractivity contribution >= 4 is 35.1 Å². The molecule has 2 fully saturated rings. The van der Waals surface area contributed by atoms with Crippen LogP contribution >= 0.6 is 11.6 Å². The zero-order valence-corrected chi connectivity index (χ0v) is 20.3. The number of carbonyl (C=O) groups excluding carboxylic acids is 2. The van der Waals surface area contributed by atoms with Crippen molar-refractivity contribution in [3.63, 3.8) is 0 Å². The second-order valence-electron chi connectivity index (χ2n) is 9.44. The lowest BCUT2D eigenvalue weighted by Gasteiger charge is -2.33. The fraction of sp³-hybridized carbons (Fsp3) is 0.636. The molecule has 180 valence electrons. The lowest BCUT2D eigenvalue weighted by molar-refractivity contribution is 0.0199. The predicted molar refractivity (Wildman–Crippen MR) is 124 cm³/mol. The van der Waals surface area contributed by atoms with Gasteiger partial charge in [-0.25, -0.2) is 14.8 Å². The molecular formula is C22H31ClN6O4. The van der Waals surface area contributed by atoms with Gasteiger partial charge in [-0.2, -0.15) is 0 Å². The molecule has 11 heteroatoms. The summed E-state index contributed by atoms with van der Waals surface area (Å²) in [5.41, 5.74) is 1.12. The van der Waals surface area contributed by atoms with Crippen molar-refractivity contribution in [3.05, 3.63) is 22.7 Å². The molecule has 0 unspecified atom stereocenters. The number of halogens is 1. The highest BCUT2D eigenvalue weighted by Crippen LogP contribution is 2.25. The molecule has 2 saturated heterocycles. The molecule has 0 atom stereocenters. The van der Waals surface area contributed by atoms with E-state index in [-0.39, 0.29) is 18.0 Å². The standard InChI is InChI=1S/C22H31ClN6O4/c1-14-17(20(30)25-15-5-7-28(8-6-15)21(31)33-22(2,3)4)29-13-16(23)26-18(19(29)24-14)27-9-11-32-12-10-27/h13,15H,5-12H2,1-4H3,(H,25,30). The monoisotopic (exact) mass is 478 g/mol. The molecule has 0 saturated carbocycles. The molecule has 2 aromatic heterocycles. The second kappa shape index (κ2) is 9.34. The SMILES string of the molecule is Cc1nc2c(N3CCOCC3)nc(Cl)cn2c1C(=O)NC1CCN(C(=O)OC(C)(C)C)CC1. The molecule has 2 aromatic rings. The number of amides is 2.